The van der Waals surface area contributed by atoms with Gasteiger partial charge in [0.15, 0.2) is 0 Å². The highest BCUT2D eigenvalue weighted by Gasteiger charge is 2.08. The molecule has 0 aliphatic rings. The van der Waals surface area contributed by atoms with Crippen LogP contribution in [0.5, 0.6) is 0 Å². The molecule has 0 unspecified atom stereocenters. The van der Waals surface area contributed by atoms with E-state index in [2.05, 4.69) is 16.4 Å². The minimum atomic E-state index is -0.0920. The van der Waals surface area contributed by atoms with Gasteiger partial charge < -0.3 is 10.2 Å². The SMILES string of the molecule is Cc1ccsc1CNC(=O)c1ccc(N(C)C)nc1. The topological polar surface area (TPSA) is 45.2 Å². The molecule has 0 aliphatic heterocycles. The molecule has 0 bridgehead atoms. The van der Waals surface area contributed by atoms with Gasteiger partial charge in [0.05, 0.1) is 12.1 Å². The fourth-order valence-corrected chi connectivity index (χ4v) is 2.48. The van der Waals surface area contributed by atoms with Crippen molar-refractivity contribution in [1.29, 1.82) is 0 Å². The van der Waals surface area contributed by atoms with E-state index in [9.17, 15) is 4.79 Å². The summed E-state index contributed by atoms with van der Waals surface area (Å²) in [5, 5.41) is 4.94. The van der Waals surface area contributed by atoms with Crippen molar-refractivity contribution in [2.24, 2.45) is 0 Å². The molecule has 2 aromatic heterocycles. The third-order valence-electron chi connectivity index (χ3n) is 2.85. The van der Waals surface area contributed by atoms with Gasteiger partial charge in [-0.05, 0) is 36.1 Å². The second-order valence-electron chi connectivity index (χ2n) is 4.51. The van der Waals surface area contributed by atoms with Gasteiger partial charge in [0.2, 0.25) is 0 Å². The number of nitrogens with zero attached hydrogens (tertiary/aromatic N) is 2. The van der Waals surface area contributed by atoms with Crippen LogP contribution in [0.2, 0.25) is 0 Å². The zero-order valence-electron chi connectivity index (χ0n) is 11.3. The maximum absolute atomic E-state index is 12.0. The lowest BCUT2D eigenvalue weighted by Gasteiger charge is -2.11. The molecule has 0 aromatic carbocycles. The van der Waals surface area contributed by atoms with Gasteiger partial charge >= 0.3 is 0 Å². The molecule has 0 fully saturated rings. The Morgan fingerprint density at radius 1 is 1.37 bits per heavy atom. The molecule has 0 saturated carbocycles. The molecule has 2 heterocycles. The van der Waals surface area contributed by atoms with Crippen LogP contribution < -0.4 is 10.2 Å². The van der Waals surface area contributed by atoms with E-state index in [0.29, 0.717) is 12.1 Å². The van der Waals surface area contributed by atoms with Gasteiger partial charge in [0.1, 0.15) is 5.82 Å². The molecule has 4 nitrogen and oxygen atoms in total. The second kappa shape index (κ2) is 5.84. The maximum atomic E-state index is 12.0. The van der Waals surface area contributed by atoms with E-state index < -0.39 is 0 Å². The third kappa shape index (κ3) is 3.32. The molecular weight excluding hydrogens is 258 g/mol. The molecule has 0 spiro atoms. The summed E-state index contributed by atoms with van der Waals surface area (Å²) in [5.74, 6) is 0.747. The molecule has 1 N–H and O–H groups in total. The number of carbonyl (C=O) groups is 1. The number of aromatic nitrogens is 1. The first-order chi connectivity index (χ1) is 9.08. The van der Waals surface area contributed by atoms with Crippen LogP contribution in [0.15, 0.2) is 29.8 Å². The molecule has 0 atom stereocenters. The molecule has 0 radical (unpaired) electrons. The highest BCUT2D eigenvalue weighted by molar-refractivity contribution is 7.10. The number of thiophene rings is 1. The largest absolute Gasteiger partial charge is 0.363 e. The Labute approximate surface area is 117 Å². The van der Waals surface area contributed by atoms with Gasteiger partial charge in [-0.3, -0.25) is 4.79 Å². The zero-order chi connectivity index (χ0) is 13.8. The number of anilines is 1. The summed E-state index contributed by atoms with van der Waals surface area (Å²) in [6.07, 6.45) is 1.60. The van der Waals surface area contributed by atoms with Crippen molar-refractivity contribution in [1.82, 2.24) is 10.3 Å². The van der Waals surface area contributed by atoms with Crippen molar-refractivity contribution in [2.75, 3.05) is 19.0 Å². The van der Waals surface area contributed by atoms with Crippen LogP contribution in [0.1, 0.15) is 20.8 Å². The first kappa shape index (κ1) is 13.5. The first-order valence-corrected chi connectivity index (χ1v) is 6.90. The lowest BCUT2D eigenvalue weighted by molar-refractivity contribution is 0.0951. The van der Waals surface area contributed by atoms with Crippen LogP contribution >= 0.6 is 11.3 Å². The van der Waals surface area contributed by atoms with Gasteiger partial charge in [-0.25, -0.2) is 4.98 Å². The Hall–Kier alpha value is -1.88. The summed E-state index contributed by atoms with van der Waals surface area (Å²) in [6.45, 7) is 2.61. The molecular formula is C14H17N3OS. The molecule has 0 saturated heterocycles. The van der Waals surface area contributed by atoms with Crippen molar-refractivity contribution < 1.29 is 4.79 Å². The lowest BCUT2D eigenvalue weighted by Crippen LogP contribution is -2.23. The van der Waals surface area contributed by atoms with Gasteiger partial charge in [-0.15, -0.1) is 11.3 Å². The van der Waals surface area contributed by atoms with Gasteiger partial charge in [-0.1, -0.05) is 0 Å². The van der Waals surface area contributed by atoms with Crippen LogP contribution in [0.3, 0.4) is 0 Å². The van der Waals surface area contributed by atoms with E-state index in [1.54, 1.807) is 23.6 Å². The van der Waals surface area contributed by atoms with Crippen molar-refractivity contribution >= 4 is 23.1 Å². The van der Waals surface area contributed by atoms with Crippen molar-refractivity contribution in [3.63, 3.8) is 0 Å². The average Bonchev–Trinajstić information content (AvgIpc) is 2.81. The number of pyridine rings is 1. The van der Waals surface area contributed by atoms with E-state index in [0.717, 1.165) is 5.82 Å². The van der Waals surface area contributed by atoms with Crippen molar-refractivity contribution in [2.45, 2.75) is 13.5 Å². The summed E-state index contributed by atoms with van der Waals surface area (Å²) < 4.78 is 0. The average molecular weight is 275 g/mol. The standard InChI is InChI=1S/C14H17N3OS/c1-10-6-7-19-12(10)9-16-14(18)11-4-5-13(15-8-11)17(2)3/h4-8H,9H2,1-3H3,(H,16,18). The molecule has 0 aliphatic carbocycles. The van der Waals surface area contributed by atoms with Gasteiger partial charge in [0, 0.05) is 25.2 Å². The number of hydrogen-bond donors (Lipinski definition) is 1. The number of hydrogen-bond acceptors (Lipinski definition) is 4. The molecule has 1 amide bonds. The van der Waals surface area contributed by atoms with Crippen LogP contribution in [0.4, 0.5) is 5.82 Å². The van der Waals surface area contributed by atoms with E-state index in [-0.39, 0.29) is 5.91 Å². The van der Waals surface area contributed by atoms with Crippen molar-refractivity contribution in [3.8, 4) is 0 Å². The fraction of sp³-hybridized carbons (Fsp3) is 0.286. The number of carbonyl (C=O) groups excluding carboxylic acids is 1. The predicted octanol–water partition coefficient (Wildman–Crippen LogP) is 2.45. The minimum Gasteiger partial charge on any atom is -0.363 e. The summed E-state index contributed by atoms with van der Waals surface area (Å²) >= 11 is 1.66. The zero-order valence-corrected chi connectivity index (χ0v) is 12.1. The Kier molecular flexibility index (Phi) is 4.16. The van der Waals surface area contributed by atoms with Crippen LogP contribution in [-0.4, -0.2) is 25.0 Å². The number of nitrogens with one attached hydrogen (secondary N) is 1. The smallest absolute Gasteiger partial charge is 0.253 e. The van der Waals surface area contributed by atoms with Crippen LogP contribution in [-0.2, 0) is 6.54 Å². The molecule has 5 heteroatoms. The number of amides is 1. The maximum Gasteiger partial charge on any atom is 0.253 e. The molecule has 2 aromatic rings. The summed E-state index contributed by atoms with van der Waals surface area (Å²) in [6, 6.07) is 5.68. The Bertz CT molecular complexity index is 560. The highest BCUT2D eigenvalue weighted by Crippen LogP contribution is 2.15. The lowest BCUT2D eigenvalue weighted by atomic mass is 10.2. The van der Waals surface area contributed by atoms with Crippen molar-refractivity contribution in [3.05, 3.63) is 45.8 Å². The monoisotopic (exact) mass is 275 g/mol. The summed E-state index contributed by atoms with van der Waals surface area (Å²) in [5.41, 5.74) is 1.80. The van der Waals surface area contributed by atoms with E-state index in [1.807, 2.05) is 37.4 Å². The normalized spacial score (nSPS) is 10.3. The van der Waals surface area contributed by atoms with Gasteiger partial charge in [-0.2, -0.15) is 0 Å². The molecule has 2 rings (SSSR count). The Morgan fingerprint density at radius 2 is 2.16 bits per heavy atom. The minimum absolute atomic E-state index is 0.0920. The van der Waals surface area contributed by atoms with E-state index >= 15 is 0 Å². The van der Waals surface area contributed by atoms with E-state index in [1.165, 1.54) is 10.4 Å². The third-order valence-corrected chi connectivity index (χ3v) is 3.87. The van der Waals surface area contributed by atoms with Crippen LogP contribution in [0, 0.1) is 6.92 Å². The molecule has 19 heavy (non-hydrogen) atoms. The predicted molar refractivity (Wildman–Crippen MR) is 78.8 cm³/mol. The van der Waals surface area contributed by atoms with Crippen LogP contribution in [0.25, 0.3) is 0 Å². The first-order valence-electron chi connectivity index (χ1n) is 6.02. The van der Waals surface area contributed by atoms with Gasteiger partial charge in [0.25, 0.3) is 5.91 Å². The summed E-state index contributed by atoms with van der Waals surface area (Å²) in [7, 11) is 3.84. The second-order valence-corrected chi connectivity index (χ2v) is 5.51. The Balaban J connectivity index is 1.98. The van der Waals surface area contributed by atoms with E-state index in [4.69, 9.17) is 0 Å². The molecule has 100 valence electrons. The fourth-order valence-electron chi connectivity index (χ4n) is 1.63. The summed E-state index contributed by atoms with van der Waals surface area (Å²) in [4.78, 5) is 19.3. The number of rotatable bonds is 4. The highest BCUT2D eigenvalue weighted by atomic mass is 32.1. The number of aryl methyl sites for hydroxylation is 1. The Morgan fingerprint density at radius 3 is 2.68 bits per heavy atom. The quantitative estimate of drug-likeness (QED) is 0.932.